The topological polar surface area (TPSA) is 35.5 Å². The first kappa shape index (κ1) is 15.5. The third kappa shape index (κ3) is 2.78. The van der Waals surface area contributed by atoms with Crippen molar-refractivity contribution >= 4 is 38.5 Å². The van der Waals surface area contributed by atoms with Gasteiger partial charge < -0.3 is 9.47 Å². The fourth-order valence-electron chi connectivity index (χ4n) is 3.22. The SMILES string of the molecule is CCCOC(=O)Oc1cccc2c1ccc1c3ccccc3ccc21. The van der Waals surface area contributed by atoms with Gasteiger partial charge in [-0.25, -0.2) is 4.79 Å². The summed E-state index contributed by atoms with van der Waals surface area (Å²) in [5, 5.41) is 6.73. The van der Waals surface area contributed by atoms with Crippen LogP contribution in [0, 0.1) is 0 Å². The summed E-state index contributed by atoms with van der Waals surface area (Å²) in [6.45, 7) is 2.31. The van der Waals surface area contributed by atoms with Crippen LogP contribution in [0.2, 0.25) is 0 Å². The van der Waals surface area contributed by atoms with Crippen molar-refractivity contribution < 1.29 is 14.3 Å². The molecule has 0 aromatic heterocycles. The molecule has 0 heterocycles. The molecule has 0 unspecified atom stereocenters. The molecule has 0 fully saturated rings. The van der Waals surface area contributed by atoms with Crippen LogP contribution in [0.3, 0.4) is 0 Å². The molecule has 4 aromatic carbocycles. The van der Waals surface area contributed by atoms with Crippen molar-refractivity contribution in [1.82, 2.24) is 0 Å². The van der Waals surface area contributed by atoms with Crippen molar-refractivity contribution in [3.8, 4) is 5.75 Å². The second-order valence-electron chi connectivity index (χ2n) is 6.00. The molecule has 4 aromatic rings. The highest BCUT2D eigenvalue weighted by Crippen LogP contribution is 2.35. The molecule has 124 valence electrons. The monoisotopic (exact) mass is 330 g/mol. The predicted octanol–water partition coefficient (Wildman–Crippen LogP) is 6.07. The molecule has 0 spiro atoms. The Morgan fingerprint density at radius 1 is 0.760 bits per heavy atom. The molecule has 0 saturated carbocycles. The van der Waals surface area contributed by atoms with Crippen LogP contribution in [-0.4, -0.2) is 12.8 Å². The summed E-state index contributed by atoms with van der Waals surface area (Å²) >= 11 is 0. The van der Waals surface area contributed by atoms with Gasteiger partial charge in [0.1, 0.15) is 5.75 Å². The van der Waals surface area contributed by atoms with Crippen LogP contribution in [0.25, 0.3) is 32.3 Å². The fraction of sp³-hybridized carbons (Fsp3) is 0.136. The van der Waals surface area contributed by atoms with E-state index in [9.17, 15) is 4.79 Å². The van der Waals surface area contributed by atoms with Gasteiger partial charge in [-0.05, 0) is 45.5 Å². The van der Waals surface area contributed by atoms with E-state index in [4.69, 9.17) is 9.47 Å². The lowest BCUT2D eigenvalue weighted by atomic mass is 9.97. The molecule has 25 heavy (non-hydrogen) atoms. The van der Waals surface area contributed by atoms with Crippen LogP contribution in [0.1, 0.15) is 13.3 Å². The molecule has 0 aliphatic heterocycles. The number of carbonyl (C=O) groups excluding carboxylic acids is 1. The van der Waals surface area contributed by atoms with E-state index >= 15 is 0 Å². The lowest BCUT2D eigenvalue weighted by Gasteiger charge is -2.11. The zero-order valence-electron chi connectivity index (χ0n) is 14.0. The maximum atomic E-state index is 11.8. The summed E-state index contributed by atoms with van der Waals surface area (Å²) in [5.41, 5.74) is 0. The van der Waals surface area contributed by atoms with Crippen LogP contribution < -0.4 is 4.74 Å². The first-order valence-electron chi connectivity index (χ1n) is 8.46. The van der Waals surface area contributed by atoms with Gasteiger partial charge in [0.15, 0.2) is 0 Å². The lowest BCUT2D eigenvalue weighted by Crippen LogP contribution is -2.11. The maximum Gasteiger partial charge on any atom is 0.513 e. The van der Waals surface area contributed by atoms with Gasteiger partial charge in [-0.2, -0.15) is 0 Å². The average molecular weight is 330 g/mol. The Labute approximate surface area is 145 Å². The highest BCUT2D eigenvalue weighted by atomic mass is 16.7. The molecule has 4 rings (SSSR count). The molecule has 0 bridgehead atoms. The Bertz CT molecular complexity index is 1080. The van der Waals surface area contributed by atoms with E-state index in [1.165, 1.54) is 16.2 Å². The van der Waals surface area contributed by atoms with Gasteiger partial charge in [0, 0.05) is 5.39 Å². The van der Waals surface area contributed by atoms with Gasteiger partial charge in [0.2, 0.25) is 0 Å². The average Bonchev–Trinajstić information content (AvgIpc) is 2.66. The lowest BCUT2D eigenvalue weighted by molar-refractivity contribution is 0.0997. The molecule has 0 amide bonds. The molecule has 0 aliphatic rings. The van der Waals surface area contributed by atoms with Crippen LogP contribution in [0.15, 0.2) is 66.7 Å². The zero-order chi connectivity index (χ0) is 17.2. The van der Waals surface area contributed by atoms with Gasteiger partial charge >= 0.3 is 6.16 Å². The third-order valence-electron chi connectivity index (χ3n) is 4.36. The summed E-state index contributed by atoms with van der Waals surface area (Å²) in [7, 11) is 0. The minimum Gasteiger partial charge on any atom is -0.434 e. The largest absolute Gasteiger partial charge is 0.513 e. The third-order valence-corrected chi connectivity index (χ3v) is 4.36. The Morgan fingerprint density at radius 3 is 2.32 bits per heavy atom. The Morgan fingerprint density at radius 2 is 1.44 bits per heavy atom. The smallest absolute Gasteiger partial charge is 0.434 e. The van der Waals surface area contributed by atoms with Crippen LogP contribution in [0.4, 0.5) is 4.79 Å². The van der Waals surface area contributed by atoms with Crippen LogP contribution in [-0.2, 0) is 4.74 Å². The minimum atomic E-state index is -0.659. The summed E-state index contributed by atoms with van der Waals surface area (Å²) < 4.78 is 10.4. The Kier molecular flexibility index (Phi) is 3.98. The first-order chi connectivity index (χ1) is 12.3. The first-order valence-corrected chi connectivity index (χ1v) is 8.46. The quantitative estimate of drug-likeness (QED) is 0.260. The number of carbonyl (C=O) groups is 1. The van der Waals surface area contributed by atoms with Gasteiger partial charge in [0.05, 0.1) is 6.61 Å². The number of rotatable bonds is 3. The van der Waals surface area contributed by atoms with Crippen LogP contribution >= 0.6 is 0 Å². The second-order valence-corrected chi connectivity index (χ2v) is 6.00. The molecular weight excluding hydrogens is 312 g/mol. The van der Waals surface area contributed by atoms with E-state index in [1.54, 1.807) is 6.07 Å². The van der Waals surface area contributed by atoms with Crippen molar-refractivity contribution in [3.05, 3.63) is 66.7 Å². The standard InChI is InChI=1S/C22H18O3/c1-2-14-24-22(23)25-21-9-5-8-17-19-11-10-15-6-3-4-7-16(15)18(19)12-13-20(17)21/h3-13H,2,14H2,1H3. The highest BCUT2D eigenvalue weighted by molar-refractivity contribution is 6.18. The highest BCUT2D eigenvalue weighted by Gasteiger charge is 2.11. The molecule has 0 saturated heterocycles. The fourth-order valence-corrected chi connectivity index (χ4v) is 3.22. The maximum absolute atomic E-state index is 11.8. The van der Waals surface area contributed by atoms with Gasteiger partial charge in [-0.15, -0.1) is 0 Å². The number of hydrogen-bond acceptors (Lipinski definition) is 3. The normalized spacial score (nSPS) is 11.1. The molecular formula is C22H18O3. The molecule has 0 aliphatic carbocycles. The second kappa shape index (κ2) is 6.44. The zero-order valence-corrected chi connectivity index (χ0v) is 14.0. The Hall–Kier alpha value is -3.07. The van der Waals surface area contributed by atoms with E-state index in [1.807, 2.05) is 25.1 Å². The van der Waals surface area contributed by atoms with Gasteiger partial charge in [0.25, 0.3) is 0 Å². The Balaban J connectivity index is 1.87. The number of fused-ring (bicyclic) bond motifs is 5. The van der Waals surface area contributed by atoms with E-state index in [2.05, 4.69) is 42.5 Å². The van der Waals surface area contributed by atoms with Crippen molar-refractivity contribution in [2.45, 2.75) is 13.3 Å². The molecule has 0 N–H and O–H groups in total. The number of ether oxygens (including phenoxy) is 2. The predicted molar refractivity (Wildman–Crippen MR) is 101 cm³/mol. The molecule has 0 radical (unpaired) electrons. The minimum absolute atomic E-state index is 0.360. The van der Waals surface area contributed by atoms with Crippen molar-refractivity contribution in [1.29, 1.82) is 0 Å². The summed E-state index contributed by atoms with van der Waals surface area (Å²) in [6.07, 6.45) is 0.107. The summed E-state index contributed by atoms with van der Waals surface area (Å²) in [4.78, 5) is 11.8. The van der Waals surface area contributed by atoms with E-state index in [-0.39, 0.29) is 0 Å². The molecule has 3 heteroatoms. The number of hydrogen-bond donors (Lipinski definition) is 0. The van der Waals surface area contributed by atoms with E-state index in [0.717, 1.165) is 22.6 Å². The summed E-state index contributed by atoms with van der Waals surface area (Å²) in [5.74, 6) is 0.522. The number of benzene rings is 4. The van der Waals surface area contributed by atoms with E-state index < -0.39 is 6.16 Å². The van der Waals surface area contributed by atoms with Crippen LogP contribution in [0.5, 0.6) is 5.75 Å². The van der Waals surface area contributed by atoms with Gasteiger partial charge in [-0.3, -0.25) is 0 Å². The van der Waals surface area contributed by atoms with Crippen molar-refractivity contribution in [3.63, 3.8) is 0 Å². The molecule has 3 nitrogen and oxygen atoms in total. The van der Waals surface area contributed by atoms with E-state index in [0.29, 0.717) is 12.4 Å². The van der Waals surface area contributed by atoms with Crippen molar-refractivity contribution in [2.75, 3.05) is 6.61 Å². The molecule has 0 atom stereocenters. The van der Waals surface area contributed by atoms with Gasteiger partial charge in [-0.1, -0.05) is 61.5 Å². The summed E-state index contributed by atoms with van der Waals surface area (Å²) in [6, 6.07) is 22.4. The van der Waals surface area contributed by atoms with Crippen molar-refractivity contribution in [2.24, 2.45) is 0 Å².